The molecule has 0 saturated heterocycles. The molecule has 0 aliphatic heterocycles. The van der Waals surface area contributed by atoms with Crippen LogP contribution in [0, 0.1) is 11.3 Å². The molecule has 1 N–H and O–H groups in total. The molecule has 26 heavy (non-hydrogen) atoms. The molecule has 2 aromatic heterocycles. The maximum absolute atomic E-state index is 12.5. The fraction of sp³-hybridized carbons (Fsp3) is 0.222. The van der Waals surface area contributed by atoms with Gasteiger partial charge in [0.15, 0.2) is 0 Å². The van der Waals surface area contributed by atoms with Crippen LogP contribution < -0.4 is 5.32 Å². The zero-order valence-electron chi connectivity index (χ0n) is 14.5. The van der Waals surface area contributed by atoms with Crippen molar-refractivity contribution in [1.82, 2.24) is 19.7 Å². The van der Waals surface area contributed by atoms with Crippen LogP contribution in [0.5, 0.6) is 0 Å². The summed E-state index contributed by atoms with van der Waals surface area (Å²) in [7, 11) is 3.90. The Morgan fingerprint density at radius 2 is 2.23 bits per heavy atom. The van der Waals surface area contributed by atoms with Gasteiger partial charge in [0.1, 0.15) is 23.2 Å². The topological polar surface area (TPSA) is 86.8 Å². The van der Waals surface area contributed by atoms with Gasteiger partial charge in [-0.1, -0.05) is 12.1 Å². The average Bonchev–Trinajstić information content (AvgIpc) is 3.24. The summed E-state index contributed by atoms with van der Waals surface area (Å²) < 4.78 is 1.88. The van der Waals surface area contributed by atoms with Crippen molar-refractivity contribution in [3.63, 3.8) is 0 Å². The van der Waals surface area contributed by atoms with Crippen LogP contribution in [0.4, 0.5) is 5.00 Å². The van der Waals surface area contributed by atoms with E-state index in [1.165, 1.54) is 11.3 Å². The first-order valence-corrected chi connectivity index (χ1v) is 8.84. The number of amides is 1. The Hall–Kier alpha value is -3.02. The largest absolute Gasteiger partial charge is 0.320 e. The van der Waals surface area contributed by atoms with Gasteiger partial charge in [0.25, 0.3) is 5.91 Å². The number of nitrogens with one attached hydrogen (secondary N) is 1. The number of nitriles is 1. The van der Waals surface area contributed by atoms with Crippen molar-refractivity contribution >= 4 is 22.2 Å². The maximum Gasteiger partial charge on any atom is 0.256 e. The minimum Gasteiger partial charge on any atom is -0.320 e. The molecule has 0 fully saturated rings. The number of aromatic nitrogens is 3. The van der Waals surface area contributed by atoms with Crippen LogP contribution >= 0.6 is 11.3 Å². The minimum absolute atomic E-state index is 0.221. The molecule has 0 bridgehead atoms. The summed E-state index contributed by atoms with van der Waals surface area (Å²) in [5.41, 5.74) is 2.06. The molecule has 0 aliphatic rings. The molecular formula is C18H18N6OS. The van der Waals surface area contributed by atoms with Gasteiger partial charge in [-0.2, -0.15) is 5.26 Å². The highest BCUT2D eigenvalue weighted by atomic mass is 32.1. The van der Waals surface area contributed by atoms with Crippen molar-refractivity contribution < 1.29 is 4.79 Å². The SMILES string of the molecule is CN(Cc1cccc(C(=O)Nc2sccc2C#N)c1)Cc1nncn1C. The van der Waals surface area contributed by atoms with Crippen LogP contribution in [0.2, 0.25) is 0 Å². The van der Waals surface area contributed by atoms with Gasteiger partial charge in [0.2, 0.25) is 0 Å². The third-order valence-corrected chi connectivity index (χ3v) is 4.70. The fourth-order valence-electron chi connectivity index (χ4n) is 2.54. The Morgan fingerprint density at radius 3 is 2.96 bits per heavy atom. The number of hydrogen-bond donors (Lipinski definition) is 1. The van der Waals surface area contributed by atoms with Gasteiger partial charge in [-0.15, -0.1) is 21.5 Å². The number of rotatable bonds is 6. The molecule has 0 spiro atoms. The van der Waals surface area contributed by atoms with Crippen molar-refractivity contribution in [3.05, 3.63) is 64.6 Å². The summed E-state index contributed by atoms with van der Waals surface area (Å²) in [5.74, 6) is 0.657. The highest BCUT2D eigenvalue weighted by Crippen LogP contribution is 2.23. The van der Waals surface area contributed by atoms with Gasteiger partial charge in [-0.3, -0.25) is 9.69 Å². The lowest BCUT2D eigenvalue weighted by Gasteiger charge is -2.16. The van der Waals surface area contributed by atoms with E-state index in [1.54, 1.807) is 23.8 Å². The average molecular weight is 366 g/mol. The maximum atomic E-state index is 12.5. The zero-order chi connectivity index (χ0) is 18.5. The first-order chi connectivity index (χ1) is 12.6. The lowest BCUT2D eigenvalue weighted by Crippen LogP contribution is -2.20. The Balaban J connectivity index is 1.67. The van der Waals surface area contributed by atoms with Gasteiger partial charge >= 0.3 is 0 Å². The number of hydrogen-bond acceptors (Lipinski definition) is 6. The molecular weight excluding hydrogens is 348 g/mol. The summed E-state index contributed by atoms with van der Waals surface area (Å²) in [6, 6.07) is 11.2. The lowest BCUT2D eigenvalue weighted by atomic mass is 10.1. The highest BCUT2D eigenvalue weighted by Gasteiger charge is 2.12. The standard InChI is InChI=1S/C18H18N6OS/c1-23(11-16-22-20-12-24(16)2)10-13-4-3-5-14(8-13)17(25)21-18-15(9-19)6-7-26-18/h3-8,12H,10-11H2,1-2H3,(H,21,25). The van der Waals surface area contributed by atoms with E-state index in [4.69, 9.17) is 5.26 Å². The fourth-order valence-corrected chi connectivity index (χ4v) is 3.27. The number of carbonyl (C=O) groups is 1. The Morgan fingerprint density at radius 1 is 1.38 bits per heavy atom. The van der Waals surface area contributed by atoms with Gasteiger partial charge in [-0.05, 0) is 36.2 Å². The van der Waals surface area contributed by atoms with Crippen LogP contribution in [0.1, 0.15) is 27.3 Å². The molecule has 8 heteroatoms. The number of thiophene rings is 1. The predicted molar refractivity (Wildman–Crippen MR) is 99.6 cm³/mol. The normalized spacial score (nSPS) is 10.7. The van der Waals surface area contributed by atoms with E-state index in [0.29, 0.717) is 29.2 Å². The molecule has 132 valence electrons. The molecule has 0 radical (unpaired) electrons. The van der Waals surface area contributed by atoms with Crippen LogP contribution in [-0.4, -0.2) is 32.6 Å². The number of benzene rings is 1. The molecule has 0 unspecified atom stereocenters. The Bertz CT molecular complexity index is 954. The molecule has 0 aliphatic carbocycles. The highest BCUT2D eigenvalue weighted by molar-refractivity contribution is 7.14. The lowest BCUT2D eigenvalue weighted by molar-refractivity contribution is 0.102. The van der Waals surface area contributed by atoms with Gasteiger partial charge < -0.3 is 9.88 Å². The van der Waals surface area contributed by atoms with Gasteiger partial charge in [0, 0.05) is 19.2 Å². The summed E-state index contributed by atoms with van der Waals surface area (Å²) >= 11 is 1.34. The second kappa shape index (κ2) is 7.91. The van der Waals surface area contributed by atoms with Crippen molar-refractivity contribution in [2.24, 2.45) is 7.05 Å². The van der Waals surface area contributed by atoms with E-state index in [1.807, 2.05) is 36.9 Å². The summed E-state index contributed by atoms with van der Waals surface area (Å²) in [5, 5.41) is 22.2. The summed E-state index contributed by atoms with van der Waals surface area (Å²) in [6.07, 6.45) is 1.67. The van der Waals surface area contributed by atoms with Gasteiger partial charge in [0.05, 0.1) is 12.1 Å². The van der Waals surface area contributed by atoms with Crippen molar-refractivity contribution in [3.8, 4) is 6.07 Å². The Kier molecular flexibility index (Phi) is 5.41. The summed E-state index contributed by atoms with van der Waals surface area (Å²) in [4.78, 5) is 14.6. The third kappa shape index (κ3) is 4.14. The van der Waals surface area contributed by atoms with E-state index in [9.17, 15) is 4.79 Å². The molecule has 0 saturated carbocycles. The van der Waals surface area contributed by atoms with E-state index >= 15 is 0 Å². The van der Waals surface area contributed by atoms with E-state index in [2.05, 4.69) is 26.5 Å². The number of anilines is 1. The van der Waals surface area contributed by atoms with Crippen LogP contribution in [0.3, 0.4) is 0 Å². The molecule has 1 aromatic carbocycles. The first kappa shape index (κ1) is 17.8. The monoisotopic (exact) mass is 366 g/mol. The van der Waals surface area contributed by atoms with Crippen molar-refractivity contribution in [1.29, 1.82) is 5.26 Å². The molecule has 2 heterocycles. The van der Waals surface area contributed by atoms with E-state index in [-0.39, 0.29) is 5.91 Å². The molecule has 7 nitrogen and oxygen atoms in total. The van der Waals surface area contributed by atoms with Crippen LogP contribution in [0.15, 0.2) is 42.0 Å². The minimum atomic E-state index is -0.221. The second-order valence-electron chi connectivity index (χ2n) is 5.96. The predicted octanol–water partition coefficient (Wildman–Crippen LogP) is 2.63. The quantitative estimate of drug-likeness (QED) is 0.725. The zero-order valence-corrected chi connectivity index (χ0v) is 15.3. The third-order valence-electron chi connectivity index (χ3n) is 3.87. The molecule has 3 aromatic rings. The number of aryl methyl sites for hydroxylation is 1. The number of carbonyl (C=O) groups excluding carboxylic acids is 1. The van der Waals surface area contributed by atoms with Crippen LogP contribution in [0.25, 0.3) is 0 Å². The first-order valence-electron chi connectivity index (χ1n) is 7.96. The smallest absolute Gasteiger partial charge is 0.256 e. The van der Waals surface area contributed by atoms with Crippen LogP contribution in [-0.2, 0) is 20.1 Å². The van der Waals surface area contributed by atoms with Crippen molar-refractivity contribution in [2.45, 2.75) is 13.1 Å². The summed E-state index contributed by atoms with van der Waals surface area (Å²) in [6.45, 7) is 1.34. The second-order valence-corrected chi connectivity index (χ2v) is 6.88. The van der Waals surface area contributed by atoms with Gasteiger partial charge in [-0.25, -0.2) is 0 Å². The number of nitrogens with zero attached hydrogens (tertiary/aromatic N) is 5. The molecule has 3 rings (SSSR count). The molecule has 1 amide bonds. The van der Waals surface area contributed by atoms with E-state index in [0.717, 1.165) is 11.4 Å². The van der Waals surface area contributed by atoms with E-state index < -0.39 is 0 Å². The molecule has 0 atom stereocenters. The Labute approximate surface area is 155 Å². The van der Waals surface area contributed by atoms with Crippen molar-refractivity contribution in [2.75, 3.05) is 12.4 Å².